The number of nitrogens with zero attached hydrogens (tertiary/aromatic N) is 5. The number of piperidine rings is 1. The van der Waals surface area contributed by atoms with Crippen LogP contribution in [0.1, 0.15) is 12.8 Å². The molecule has 3 fully saturated rings. The van der Waals surface area contributed by atoms with E-state index in [9.17, 15) is 9.59 Å². The van der Waals surface area contributed by atoms with Gasteiger partial charge < -0.3 is 14.7 Å². The second-order valence-corrected chi connectivity index (χ2v) is 7.30. The minimum Gasteiger partial charge on any atom is -0.352 e. The molecule has 0 saturated carbocycles. The maximum absolute atomic E-state index is 12.8. The Bertz CT molecular complexity index is 853. The first-order valence-corrected chi connectivity index (χ1v) is 9.00. The molecule has 2 bridgehead atoms. The fourth-order valence-corrected chi connectivity index (χ4v) is 3.82. The molecule has 4 heterocycles. The van der Waals surface area contributed by atoms with Crippen LogP contribution < -0.4 is 4.90 Å². The van der Waals surface area contributed by atoms with Crippen molar-refractivity contribution in [1.29, 1.82) is 0 Å². The number of para-hydroxylation sites is 2. The van der Waals surface area contributed by atoms with Gasteiger partial charge in [-0.3, -0.25) is 14.6 Å². The fourth-order valence-electron chi connectivity index (χ4n) is 3.82. The SMILES string of the molecule is CN(C)C(=O)CN1C(=O)[C@@H]2CC[C@H]1CN(c1cnc3ccccc3n1)C2. The van der Waals surface area contributed by atoms with Gasteiger partial charge in [-0.1, -0.05) is 12.1 Å². The van der Waals surface area contributed by atoms with Gasteiger partial charge in [-0.15, -0.1) is 0 Å². The van der Waals surface area contributed by atoms with Crippen molar-refractivity contribution >= 4 is 28.7 Å². The van der Waals surface area contributed by atoms with Gasteiger partial charge in [0.05, 0.1) is 23.1 Å². The van der Waals surface area contributed by atoms with Gasteiger partial charge in [0.2, 0.25) is 11.8 Å². The smallest absolute Gasteiger partial charge is 0.241 e. The number of carbonyl (C=O) groups is 2. The highest BCUT2D eigenvalue weighted by Crippen LogP contribution is 2.31. The third kappa shape index (κ3) is 2.98. The Hall–Kier alpha value is -2.70. The number of benzene rings is 1. The second-order valence-electron chi connectivity index (χ2n) is 7.30. The minimum atomic E-state index is -0.0861. The number of amides is 2. The zero-order chi connectivity index (χ0) is 18.3. The first kappa shape index (κ1) is 16.8. The van der Waals surface area contributed by atoms with E-state index in [1.54, 1.807) is 30.1 Å². The molecule has 5 rings (SSSR count). The third-order valence-electron chi connectivity index (χ3n) is 5.36. The van der Waals surface area contributed by atoms with Crippen molar-refractivity contribution < 1.29 is 9.59 Å². The number of rotatable bonds is 3. The van der Waals surface area contributed by atoms with E-state index in [4.69, 9.17) is 4.98 Å². The third-order valence-corrected chi connectivity index (χ3v) is 5.36. The summed E-state index contributed by atoms with van der Waals surface area (Å²) in [4.78, 5) is 39.7. The van der Waals surface area contributed by atoms with Crippen LogP contribution in [0.15, 0.2) is 30.5 Å². The molecule has 1 aromatic heterocycles. The lowest BCUT2D eigenvalue weighted by atomic mass is 9.94. The molecular formula is C19H23N5O2. The average Bonchev–Trinajstić information content (AvgIpc) is 2.94. The number of likely N-dealkylation sites (N-methyl/N-ethyl adjacent to an activating group) is 1. The fraction of sp³-hybridized carbons (Fsp3) is 0.474. The Morgan fingerprint density at radius 1 is 1.19 bits per heavy atom. The number of hydrogen-bond acceptors (Lipinski definition) is 5. The largest absolute Gasteiger partial charge is 0.352 e. The van der Waals surface area contributed by atoms with Crippen LogP contribution in [0.25, 0.3) is 11.0 Å². The average molecular weight is 353 g/mol. The van der Waals surface area contributed by atoms with Crippen molar-refractivity contribution in [2.75, 3.05) is 38.6 Å². The highest BCUT2D eigenvalue weighted by Gasteiger charge is 2.41. The minimum absolute atomic E-state index is 0.0389. The Balaban J connectivity index is 1.60. The number of hydrogen-bond donors (Lipinski definition) is 0. The second kappa shape index (κ2) is 6.55. The molecule has 26 heavy (non-hydrogen) atoms. The number of aromatic nitrogens is 2. The summed E-state index contributed by atoms with van der Waals surface area (Å²) in [7, 11) is 3.44. The first-order valence-electron chi connectivity index (χ1n) is 9.00. The van der Waals surface area contributed by atoms with Crippen molar-refractivity contribution in [1.82, 2.24) is 19.8 Å². The predicted octanol–water partition coefficient (Wildman–Crippen LogP) is 1.15. The van der Waals surface area contributed by atoms with Crippen molar-refractivity contribution in [2.24, 2.45) is 5.92 Å². The van der Waals surface area contributed by atoms with Crippen LogP contribution in [-0.2, 0) is 9.59 Å². The van der Waals surface area contributed by atoms with Crippen LogP contribution in [0.5, 0.6) is 0 Å². The van der Waals surface area contributed by atoms with Gasteiger partial charge in [-0.2, -0.15) is 0 Å². The normalized spacial score (nSPS) is 22.6. The zero-order valence-corrected chi connectivity index (χ0v) is 15.1. The monoisotopic (exact) mass is 353 g/mol. The number of fused-ring (bicyclic) bond motifs is 5. The summed E-state index contributed by atoms with van der Waals surface area (Å²) in [6.45, 7) is 1.48. The van der Waals surface area contributed by atoms with E-state index in [-0.39, 0.29) is 30.3 Å². The molecule has 0 aliphatic carbocycles. The van der Waals surface area contributed by atoms with E-state index >= 15 is 0 Å². The molecule has 2 atom stereocenters. The van der Waals surface area contributed by atoms with Gasteiger partial charge in [0.1, 0.15) is 12.4 Å². The topological polar surface area (TPSA) is 69.6 Å². The van der Waals surface area contributed by atoms with Gasteiger partial charge >= 0.3 is 0 Å². The van der Waals surface area contributed by atoms with Crippen LogP contribution >= 0.6 is 0 Å². The summed E-state index contributed by atoms with van der Waals surface area (Å²) in [5.41, 5.74) is 1.72. The lowest BCUT2D eigenvalue weighted by Crippen LogP contribution is -2.51. The van der Waals surface area contributed by atoms with E-state index in [1.807, 2.05) is 24.3 Å². The van der Waals surface area contributed by atoms with Gasteiger partial charge in [-0.25, -0.2) is 4.98 Å². The van der Waals surface area contributed by atoms with Crippen molar-refractivity contribution in [3.8, 4) is 0 Å². The van der Waals surface area contributed by atoms with Crippen LogP contribution in [0, 0.1) is 5.92 Å². The van der Waals surface area contributed by atoms with Gasteiger partial charge in [0.25, 0.3) is 0 Å². The highest BCUT2D eigenvalue weighted by molar-refractivity contribution is 5.87. The molecular weight excluding hydrogens is 330 g/mol. The molecule has 7 heteroatoms. The Morgan fingerprint density at radius 2 is 1.96 bits per heavy atom. The molecule has 3 aliphatic heterocycles. The molecule has 136 valence electrons. The summed E-state index contributed by atoms with van der Waals surface area (Å²) in [6.07, 6.45) is 3.58. The Labute approximate surface area is 152 Å². The molecule has 0 N–H and O–H groups in total. The van der Waals surface area contributed by atoms with E-state index < -0.39 is 0 Å². The summed E-state index contributed by atoms with van der Waals surface area (Å²) in [6, 6.07) is 7.83. The van der Waals surface area contributed by atoms with Gasteiger partial charge in [-0.05, 0) is 25.0 Å². The van der Waals surface area contributed by atoms with Crippen molar-refractivity contribution in [3.63, 3.8) is 0 Å². The summed E-state index contributed by atoms with van der Waals surface area (Å²) in [5.74, 6) is 0.766. The van der Waals surface area contributed by atoms with E-state index in [0.29, 0.717) is 13.1 Å². The quantitative estimate of drug-likeness (QED) is 0.828. The molecule has 0 radical (unpaired) electrons. The number of carbonyl (C=O) groups excluding carboxylic acids is 2. The van der Waals surface area contributed by atoms with E-state index in [0.717, 1.165) is 29.7 Å². The molecule has 0 unspecified atom stereocenters. The molecule has 2 aromatic rings. The molecule has 7 nitrogen and oxygen atoms in total. The first-order chi connectivity index (χ1) is 12.5. The maximum Gasteiger partial charge on any atom is 0.241 e. The van der Waals surface area contributed by atoms with Crippen molar-refractivity contribution in [3.05, 3.63) is 30.5 Å². The molecule has 3 saturated heterocycles. The lowest BCUT2D eigenvalue weighted by Gasteiger charge is -2.35. The molecule has 2 amide bonds. The standard InChI is InChI=1S/C19H23N5O2/c1-22(2)18(25)12-24-14-8-7-13(19(24)26)10-23(11-14)17-9-20-15-5-3-4-6-16(15)21-17/h3-6,9,13-14H,7-8,10-12H2,1-2H3/t13-,14+/m1/s1. The number of anilines is 1. The zero-order valence-electron chi connectivity index (χ0n) is 15.1. The van der Waals surface area contributed by atoms with Gasteiger partial charge in [0.15, 0.2) is 0 Å². The molecule has 0 spiro atoms. The Morgan fingerprint density at radius 3 is 2.73 bits per heavy atom. The van der Waals surface area contributed by atoms with Crippen LogP contribution in [0.2, 0.25) is 0 Å². The van der Waals surface area contributed by atoms with Crippen LogP contribution in [0.4, 0.5) is 5.82 Å². The molecule has 3 aliphatic rings. The summed E-state index contributed by atoms with van der Waals surface area (Å²) in [5, 5.41) is 0. The lowest BCUT2D eigenvalue weighted by molar-refractivity contribution is -0.145. The Kier molecular flexibility index (Phi) is 4.22. The molecule has 1 aromatic carbocycles. The van der Waals surface area contributed by atoms with E-state index in [1.165, 1.54) is 0 Å². The summed E-state index contributed by atoms with van der Waals surface area (Å²) >= 11 is 0. The van der Waals surface area contributed by atoms with Gasteiger partial charge in [0, 0.05) is 33.2 Å². The highest BCUT2D eigenvalue weighted by atomic mass is 16.2. The maximum atomic E-state index is 12.8. The van der Waals surface area contributed by atoms with Crippen molar-refractivity contribution in [2.45, 2.75) is 18.9 Å². The van der Waals surface area contributed by atoms with Crippen LogP contribution in [0.3, 0.4) is 0 Å². The van der Waals surface area contributed by atoms with E-state index in [2.05, 4.69) is 9.88 Å². The van der Waals surface area contributed by atoms with Crippen LogP contribution in [-0.4, -0.2) is 71.4 Å². The summed E-state index contributed by atoms with van der Waals surface area (Å²) < 4.78 is 0. The predicted molar refractivity (Wildman–Crippen MR) is 98.7 cm³/mol.